The zero-order valence-corrected chi connectivity index (χ0v) is 21.6. The third-order valence-electron chi connectivity index (χ3n) is 7.01. The van der Waals surface area contributed by atoms with Gasteiger partial charge in [-0.3, -0.25) is 9.59 Å². The van der Waals surface area contributed by atoms with Crippen molar-refractivity contribution in [1.29, 1.82) is 0 Å². The molecule has 5 rings (SSSR count). The van der Waals surface area contributed by atoms with Gasteiger partial charge in [0.1, 0.15) is 5.54 Å². The Labute approximate surface area is 215 Å². The van der Waals surface area contributed by atoms with Crippen LogP contribution in [-0.4, -0.2) is 44.1 Å². The smallest absolute Gasteiger partial charge is 0.250 e. The van der Waals surface area contributed by atoms with Crippen molar-refractivity contribution in [2.75, 3.05) is 17.6 Å². The Kier molecular flexibility index (Phi) is 6.58. The van der Waals surface area contributed by atoms with Crippen LogP contribution in [0.5, 0.6) is 0 Å². The zero-order chi connectivity index (χ0) is 25.3. The van der Waals surface area contributed by atoms with E-state index in [1.165, 1.54) is 17.3 Å². The number of amides is 2. The predicted octanol–water partition coefficient (Wildman–Crippen LogP) is 5.66. The number of aryl methyl sites for hydroxylation is 2. The number of hydrogen-bond donors (Lipinski definition) is 1. The van der Waals surface area contributed by atoms with Crippen molar-refractivity contribution in [3.05, 3.63) is 78.4 Å². The lowest BCUT2D eigenvalue weighted by atomic mass is 9.96. The molecule has 2 amide bonds. The molecule has 0 unspecified atom stereocenters. The number of anilines is 1. The average Bonchev–Trinajstić information content (AvgIpc) is 3.44. The molecular formula is C29H30N4O2S. The summed E-state index contributed by atoms with van der Waals surface area (Å²) in [5.74, 6) is 0.0363. The van der Waals surface area contributed by atoms with E-state index in [0.717, 1.165) is 39.4 Å². The van der Waals surface area contributed by atoms with E-state index in [2.05, 4.69) is 18.3 Å². The Morgan fingerprint density at radius 2 is 1.81 bits per heavy atom. The lowest BCUT2D eigenvalue weighted by molar-refractivity contribution is -0.139. The van der Waals surface area contributed by atoms with Crippen molar-refractivity contribution in [2.45, 2.75) is 37.4 Å². The van der Waals surface area contributed by atoms with E-state index in [1.54, 1.807) is 4.90 Å². The van der Waals surface area contributed by atoms with Gasteiger partial charge in [-0.05, 0) is 56.0 Å². The summed E-state index contributed by atoms with van der Waals surface area (Å²) in [6.07, 6.45) is 1.43. The van der Waals surface area contributed by atoms with Crippen LogP contribution in [0.2, 0.25) is 0 Å². The van der Waals surface area contributed by atoms with Crippen molar-refractivity contribution in [2.24, 2.45) is 7.05 Å². The van der Waals surface area contributed by atoms with Gasteiger partial charge in [0, 0.05) is 24.8 Å². The number of benzene rings is 3. The number of thioether (sulfide) groups is 1. The molecule has 1 N–H and O–H groups in total. The number of imidazole rings is 1. The van der Waals surface area contributed by atoms with E-state index < -0.39 is 5.54 Å². The third-order valence-corrected chi connectivity index (χ3v) is 8.03. The van der Waals surface area contributed by atoms with Crippen molar-refractivity contribution in [3.8, 4) is 11.1 Å². The molecule has 3 aromatic carbocycles. The van der Waals surface area contributed by atoms with E-state index in [0.29, 0.717) is 13.0 Å². The minimum absolute atomic E-state index is 0.0465. The Bertz CT molecular complexity index is 1430. The van der Waals surface area contributed by atoms with Crippen molar-refractivity contribution in [3.63, 3.8) is 0 Å². The highest BCUT2D eigenvalue weighted by Crippen LogP contribution is 2.34. The molecule has 0 aliphatic carbocycles. The summed E-state index contributed by atoms with van der Waals surface area (Å²) >= 11 is 1.42. The first-order valence-corrected chi connectivity index (χ1v) is 13.2. The summed E-state index contributed by atoms with van der Waals surface area (Å²) in [5.41, 5.74) is 4.98. The van der Waals surface area contributed by atoms with Gasteiger partial charge in [-0.15, -0.1) is 0 Å². The number of nitrogens with one attached hydrogen (secondary N) is 1. The van der Waals surface area contributed by atoms with Crippen LogP contribution in [0.4, 0.5) is 5.69 Å². The minimum Gasteiger partial charge on any atom is -0.328 e. The number of hydrogen-bond acceptors (Lipinski definition) is 4. The van der Waals surface area contributed by atoms with Gasteiger partial charge in [-0.25, -0.2) is 4.98 Å². The molecule has 2 heterocycles. The third kappa shape index (κ3) is 4.51. The Morgan fingerprint density at radius 3 is 2.61 bits per heavy atom. The number of carbonyl (C=O) groups is 2. The molecule has 1 fully saturated rings. The van der Waals surface area contributed by atoms with Gasteiger partial charge in [0.05, 0.1) is 16.8 Å². The molecule has 1 saturated heterocycles. The van der Waals surface area contributed by atoms with Gasteiger partial charge in [-0.2, -0.15) is 0 Å². The van der Waals surface area contributed by atoms with Crippen LogP contribution in [0.15, 0.2) is 78.0 Å². The van der Waals surface area contributed by atoms with Crippen LogP contribution < -0.4 is 5.32 Å². The second-order valence-electron chi connectivity index (χ2n) is 9.52. The summed E-state index contributed by atoms with van der Waals surface area (Å²) in [4.78, 5) is 33.4. The number of rotatable bonds is 6. The molecule has 1 aliphatic rings. The standard InChI is InChI=1S/C29H30N4O2S/c1-20-14-15-24-25(18-20)32(3)28(31-24)36-19-26(34)33-17-9-16-29(33,2)27(35)30-23-13-8-7-12-22(23)21-10-5-4-6-11-21/h4-8,10-15,18H,9,16-17,19H2,1-3H3,(H,30,35)/t29-/m0/s1. The first-order valence-electron chi connectivity index (χ1n) is 12.2. The van der Waals surface area contributed by atoms with Crippen LogP contribution in [0, 0.1) is 6.92 Å². The van der Waals surface area contributed by atoms with E-state index in [4.69, 9.17) is 4.98 Å². The fourth-order valence-corrected chi connectivity index (χ4v) is 5.79. The summed E-state index contributed by atoms with van der Waals surface area (Å²) in [6.45, 7) is 4.51. The maximum atomic E-state index is 13.6. The lowest BCUT2D eigenvalue weighted by Crippen LogP contribution is -2.53. The molecule has 1 atom stereocenters. The van der Waals surface area contributed by atoms with Crippen LogP contribution >= 0.6 is 11.8 Å². The van der Waals surface area contributed by atoms with E-state index in [1.807, 2.05) is 85.3 Å². The molecule has 0 saturated carbocycles. The van der Waals surface area contributed by atoms with E-state index in [9.17, 15) is 9.59 Å². The zero-order valence-electron chi connectivity index (χ0n) is 20.8. The molecule has 4 aromatic rings. The highest BCUT2D eigenvalue weighted by molar-refractivity contribution is 7.99. The first kappa shape index (κ1) is 24.1. The van der Waals surface area contributed by atoms with Crippen LogP contribution in [0.1, 0.15) is 25.3 Å². The predicted molar refractivity (Wildman–Crippen MR) is 146 cm³/mol. The molecule has 0 radical (unpaired) electrons. The molecule has 6 nitrogen and oxygen atoms in total. The summed E-state index contributed by atoms with van der Waals surface area (Å²) < 4.78 is 2.02. The first-order chi connectivity index (χ1) is 17.4. The molecule has 1 aromatic heterocycles. The summed E-state index contributed by atoms with van der Waals surface area (Å²) in [6, 6.07) is 23.9. The van der Waals surface area contributed by atoms with Gasteiger partial charge < -0.3 is 14.8 Å². The highest BCUT2D eigenvalue weighted by atomic mass is 32.2. The van der Waals surface area contributed by atoms with Crippen LogP contribution in [0.3, 0.4) is 0 Å². The molecular weight excluding hydrogens is 468 g/mol. The number of carbonyl (C=O) groups excluding carboxylic acids is 2. The number of likely N-dealkylation sites (tertiary alicyclic amines) is 1. The van der Waals surface area contributed by atoms with Crippen molar-refractivity contribution in [1.82, 2.24) is 14.5 Å². The molecule has 0 spiro atoms. The van der Waals surface area contributed by atoms with Crippen molar-refractivity contribution < 1.29 is 9.59 Å². The summed E-state index contributed by atoms with van der Waals surface area (Å²) in [5, 5.41) is 3.92. The molecule has 36 heavy (non-hydrogen) atoms. The van der Waals surface area contributed by atoms with E-state index >= 15 is 0 Å². The minimum atomic E-state index is -0.898. The number of nitrogens with zero attached hydrogens (tertiary/aromatic N) is 3. The average molecular weight is 499 g/mol. The quantitative estimate of drug-likeness (QED) is 0.348. The number of para-hydroxylation sites is 1. The van der Waals surface area contributed by atoms with Gasteiger partial charge >= 0.3 is 0 Å². The Balaban J connectivity index is 1.31. The van der Waals surface area contributed by atoms with Gasteiger partial charge in [0.15, 0.2) is 5.16 Å². The topological polar surface area (TPSA) is 67.2 Å². The highest BCUT2D eigenvalue weighted by Gasteiger charge is 2.45. The van der Waals surface area contributed by atoms with Crippen molar-refractivity contribution >= 4 is 40.3 Å². The molecule has 184 valence electrons. The van der Waals surface area contributed by atoms with Crippen LogP contribution in [0.25, 0.3) is 22.2 Å². The maximum Gasteiger partial charge on any atom is 0.250 e. The number of fused-ring (bicyclic) bond motifs is 1. The maximum absolute atomic E-state index is 13.6. The Hall–Kier alpha value is -3.58. The van der Waals surface area contributed by atoms with Crippen LogP contribution in [-0.2, 0) is 16.6 Å². The second kappa shape index (κ2) is 9.82. The fraction of sp³-hybridized carbons (Fsp3) is 0.276. The van der Waals surface area contributed by atoms with Gasteiger partial charge in [-0.1, -0.05) is 66.4 Å². The number of aromatic nitrogens is 2. The normalized spacial score (nSPS) is 17.5. The molecule has 1 aliphatic heterocycles. The van der Waals surface area contributed by atoms with Gasteiger partial charge in [0.25, 0.3) is 0 Å². The second-order valence-corrected chi connectivity index (χ2v) is 10.5. The summed E-state index contributed by atoms with van der Waals surface area (Å²) in [7, 11) is 1.97. The SMILES string of the molecule is Cc1ccc2nc(SCC(=O)N3CCC[C@@]3(C)C(=O)Nc3ccccc3-c3ccccc3)n(C)c2c1. The Morgan fingerprint density at radius 1 is 1.06 bits per heavy atom. The van der Waals surface area contributed by atoms with E-state index in [-0.39, 0.29) is 17.6 Å². The molecule has 0 bridgehead atoms. The largest absolute Gasteiger partial charge is 0.328 e. The van der Waals surface area contributed by atoms with Gasteiger partial charge in [0.2, 0.25) is 11.8 Å². The fourth-order valence-electron chi connectivity index (χ4n) is 4.93. The molecule has 7 heteroatoms. The monoisotopic (exact) mass is 498 g/mol. The lowest BCUT2D eigenvalue weighted by Gasteiger charge is -2.34.